The molecule has 0 aliphatic carbocycles. The van der Waals surface area contributed by atoms with Crippen LogP contribution in [0.15, 0.2) is 65.7 Å². The van der Waals surface area contributed by atoms with Crippen molar-refractivity contribution in [2.75, 3.05) is 11.9 Å². The maximum Gasteiger partial charge on any atom is 0.335 e. The highest BCUT2D eigenvalue weighted by Gasteiger charge is 2.21. The van der Waals surface area contributed by atoms with E-state index in [-0.39, 0.29) is 29.9 Å². The summed E-state index contributed by atoms with van der Waals surface area (Å²) in [6.07, 6.45) is 3.00. The zero-order valence-electron chi connectivity index (χ0n) is 16.2. The molecule has 3 rings (SSSR count). The van der Waals surface area contributed by atoms with E-state index in [2.05, 4.69) is 10.3 Å². The Morgan fingerprint density at radius 2 is 1.93 bits per heavy atom. The van der Waals surface area contributed by atoms with Gasteiger partial charge >= 0.3 is 5.97 Å². The van der Waals surface area contributed by atoms with Crippen LogP contribution in [0.3, 0.4) is 0 Å². The quantitative estimate of drug-likeness (QED) is 0.570. The van der Waals surface area contributed by atoms with Crippen molar-refractivity contribution in [1.29, 1.82) is 0 Å². The van der Waals surface area contributed by atoms with E-state index >= 15 is 0 Å². The summed E-state index contributed by atoms with van der Waals surface area (Å²) in [5.74, 6) is -1.10. The predicted molar refractivity (Wildman–Crippen MR) is 111 cm³/mol. The van der Waals surface area contributed by atoms with Crippen molar-refractivity contribution in [2.24, 2.45) is 5.92 Å². The molecule has 0 amide bonds. The Balaban J connectivity index is 2.04. The Hall–Kier alpha value is -3.45. The molecular weight excluding hydrogens is 370 g/mol. The predicted octanol–water partition coefficient (Wildman–Crippen LogP) is 3.02. The van der Waals surface area contributed by atoms with Crippen LogP contribution in [0.5, 0.6) is 0 Å². The van der Waals surface area contributed by atoms with Crippen LogP contribution in [-0.2, 0) is 0 Å². The molecule has 0 unspecified atom stereocenters. The fourth-order valence-electron chi connectivity index (χ4n) is 3.17. The number of aryl methyl sites for hydroxylation is 1. The monoisotopic (exact) mass is 393 g/mol. The van der Waals surface area contributed by atoms with Gasteiger partial charge in [0, 0.05) is 24.9 Å². The number of anilines is 1. The minimum atomic E-state index is -1.06. The van der Waals surface area contributed by atoms with Gasteiger partial charge in [0.25, 0.3) is 5.56 Å². The molecule has 0 radical (unpaired) electrons. The molecule has 29 heavy (non-hydrogen) atoms. The lowest BCUT2D eigenvalue weighted by molar-refractivity contribution is 0.0697. The van der Waals surface area contributed by atoms with Gasteiger partial charge in [0.15, 0.2) is 5.82 Å². The first kappa shape index (κ1) is 20.3. The number of aromatic carboxylic acids is 1. The Morgan fingerprint density at radius 3 is 2.59 bits per heavy atom. The fourth-order valence-corrected chi connectivity index (χ4v) is 3.17. The minimum absolute atomic E-state index is 0.0622. The summed E-state index contributed by atoms with van der Waals surface area (Å²) in [4.78, 5) is 28.6. The van der Waals surface area contributed by atoms with Crippen molar-refractivity contribution in [3.63, 3.8) is 0 Å². The van der Waals surface area contributed by atoms with Gasteiger partial charge in [-0.05, 0) is 30.2 Å². The van der Waals surface area contributed by atoms with E-state index in [1.807, 2.05) is 44.2 Å². The average Bonchev–Trinajstić information content (AvgIpc) is 2.73. The number of carbonyl (C=O) groups is 1. The number of carboxylic acids is 1. The number of nitrogens with one attached hydrogen (secondary N) is 1. The first-order valence-corrected chi connectivity index (χ1v) is 9.26. The third-order valence-electron chi connectivity index (χ3n) is 4.86. The van der Waals surface area contributed by atoms with E-state index in [4.69, 9.17) is 0 Å². The van der Waals surface area contributed by atoms with Gasteiger partial charge < -0.3 is 15.5 Å². The summed E-state index contributed by atoms with van der Waals surface area (Å²) in [7, 11) is 0. The number of aliphatic hydroxyl groups is 1. The number of hydrogen-bond donors (Lipinski definition) is 3. The first-order valence-electron chi connectivity index (χ1n) is 9.26. The molecular formula is C22H23N3O4. The maximum atomic E-state index is 13.1. The highest BCUT2D eigenvalue weighted by Crippen LogP contribution is 2.25. The molecule has 0 saturated heterocycles. The average molecular weight is 393 g/mol. The SMILES string of the molecule is Cc1ccc(C(=O)O)cc1-n1ccnc(N[C@@H](c2ccccc2)[C@@H](C)CO)c1=O. The normalized spacial score (nSPS) is 12.9. The van der Waals surface area contributed by atoms with Crippen LogP contribution >= 0.6 is 0 Å². The van der Waals surface area contributed by atoms with Gasteiger partial charge in [-0.3, -0.25) is 9.36 Å². The van der Waals surface area contributed by atoms with Crippen molar-refractivity contribution in [1.82, 2.24) is 9.55 Å². The van der Waals surface area contributed by atoms with Crippen LogP contribution in [0, 0.1) is 12.8 Å². The third kappa shape index (κ3) is 4.35. The zero-order valence-corrected chi connectivity index (χ0v) is 16.2. The number of carboxylic acid groups (broad SMARTS) is 1. The van der Waals surface area contributed by atoms with E-state index in [1.54, 1.807) is 6.07 Å². The van der Waals surface area contributed by atoms with Crippen LogP contribution in [0.4, 0.5) is 5.82 Å². The molecule has 0 spiro atoms. The van der Waals surface area contributed by atoms with Crippen molar-refractivity contribution < 1.29 is 15.0 Å². The molecule has 150 valence electrons. The molecule has 0 bridgehead atoms. The van der Waals surface area contributed by atoms with Gasteiger partial charge in [-0.2, -0.15) is 0 Å². The lowest BCUT2D eigenvalue weighted by Gasteiger charge is -2.24. The number of hydrogen-bond acceptors (Lipinski definition) is 5. The van der Waals surface area contributed by atoms with Crippen molar-refractivity contribution in [3.8, 4) is 5.69 Å². The van der Waals surface area contributed by atoms with Gasteiger partial charge in [-0.25, -0.2) is 9.78 Å². The van der Waals surface area contributed by atoms with Crippen molar-refractivity contribution in [2.45, 2.75) is 19.9 Å². The van der Waals surface area contributed by atoms with Crippen LogP contribution in [0.1, 0.15) is 34.5 Å². The van der Waals surface area contributed by atoms with Gasteiger partial charge in [0.05, 0.1) is 17.3 Å². The smallest absolute Gasteiger partial charge is 0.335 e. The van der Waals surface area contributed by atoms with Gasteiger partial charge in [0.1, 0.15) is 0 Å². The second-order valence-electron chi connectivity index (χ2n) is 6.95. The highest BCUT2D eigenvalue weighted by molar-refractivity contribution is 5.88. The molecule has 0 fully saturated rings. The van der Waals surface area contributed by atoms with Gasteiger partial charge in [0.2, 0.25) is 0 Å². The third-order valence-corrected chi connectivity index (χ3v) is 4.86. The molecule has 2 atom stereocenters. The molecule has 0 aliphatic heterocycles. The molecule has 0 saturated carbocycles. The number of aromatic nitrogens is 2. The Labute approximate surface area is 168 Å². The van der Waals surface area contributed by atoms with Crippen molar-refractivity contribution >= 4 is 11.8 Å². The van der Waals surface area contributed by atoms with Crippen LogP contribution in [0.25, 0.3) is 5.69 Å². The second kappa shape index (κ2) is 8.70. The van der Waals surface area contributed by atoms with E-state index in [0.717, 1.165) is 11.1 Å². The largest absolute Gasteiger partial charge is 0.478 e. The molecule has 7 heteroatoms. The maximum absolute atomic E-state index is 13.1. The number of benzene rings is 2. The van der Waals surface area contributed by atoms with Crippen molar-refractivity contribution in [3.05, 3.63) is 88.0 Å². The molecule has 0 aliphatic rings. The molecule has 3 N–H and O–H groups in total. The van der Waals surface area contributed by atoms with E-state index in [9.17, 15) is 19.8 Å². The van der Waals surface area contributed by atoms with E-state index < -0.39 is 11.5 Å². The summed E-state index contributed by atoms with van der Waals surface area (Å²) in [5, 5.41) is 22.1. The Morgan fingerprint density at radius 1 is 1.21 bits per heavy atom. The Kier molecular flexibility index (Phi) is 6.09. The molecule has 2 aromatic carbocycles. The molecule has 3 aromatic rings. The Bertz CT molecular complexity index is 1060. The number of rotatable bonds is 7. The molecule has 1 aromatic heterocycles. The summed E-state index contributed by atoms with van der Waals surface area (Å²) in [6, 6.07) is 13.8. The fraction of sp³-hybridized carbons (Fsp3) is 0.227. The first-order chi connectivity index (χ1) is 13.9. The zero-order chi connectivity index (χ0) is 21.0. The summed E-state index contributed by atoms with van der Waals surface area (Å²) >= 11 is 0. The van der Waals surface area contributed by atoms with Gasteiger partial charge in [-0.15, -0.1) is 0 Å². The van der Waals surface area contributed by atoms with Crippen LogP contribution < -0.4 is 10.9 Å². The number of aliphatic hydroxyl groups excluding tert-OH is 1. The lowest BCUT2D eigenvalue weighted by atomic mass is 9.95. The van der Waals surface area contributed by atoms with E-state index in [1.165, 1.54) is 29.1 Å². The van der Waals surface area contributed by atoms with Crippen LogP contribution in [0.2, 0.25) is 0 Å². The minimum Gasteiger partial charge on any atom is -0.478 e. The second-order valence-corrected chi connectivity index (χ2v) is 6.95. The highest BCUT2D eigenvalue weighted by atomic mass is 16.4. The standard InChI is InChI=1S/C22H23N3O4/c1-14-8-9-17(22(28)29)12-18(14)25-11-10-23-20(21(25)27)24-19(15(2)13-26)16-6-4-3-5-7-16/h3-12,15,19,26H,13H2,1-2H3,(H,23,24)(H,28,29)/t15-,19+/m0/s1. The molecule has 7 nitrogen and oxygen atoms in total. The summed E-state index contributed by atoms with van der Waals surface area (Å²) in [5.41, 5.74) is 1.86. The van der Waals surface area contributed by atoms with E-state index in [0.29, 0.717) is 5.69 Å². The topological polar surface area (TPSA) is 104 Å². The summed E-state index contributed by atoms with van der Waals surface area (Å²) in [6.45, 7) is 3.63. The molecule has 1 heterocycles. The number of nitrogens with zero attached hydrogens (tertiary/aromatic N) is 2. The lowest BCUT2D eigenvalue weighted by Crippen LogP contribution is -2.29. The van der Waals surface area contributed by atoms with Crippen LogP contribution in [-0.4, -0.2) is 32.3 Å². The van der Waals surface area contributed by atoms with Gasteiger partial charge in [-0.1, -0.05) is 43.3 Å². The summed E-state index contributed by atoms with van der Waals surface area (Å²) < 4.78 is 1.38.